The smallest absolute Gasteiger partial charge is 0.416 e. The van der Waals surface area contributed by atoms with Crippen molar-refractivity contribution in [1.82, 2.24) is 0 Å². The molecule has 0 saturated carbocycles. The molecule has 0 spiro atoms. The molecule has 8 nitrogen and oxygen atoms in total. The molecule has 1 aliphatic carbocycles. The number of methoxy groups -OCH3 is 1. The van der Waals surface area contributed by atoms with Crippen LogP contribution in [-0.4, -0.2) is 38.0 Å². The first-order chi connectivity index (χ1) is 22.4. The first kappa shape index (κ1) is 33.2. The lowest BCUT2D eigenvalue weighted by atomic mass is 9.67. The first-order valence-electron chi connectivity index (χ1n) is 14.9. The van der Waals surface area contributed by atoms with Crippen molar-refractivity contribution in [2.45, 2.75) is 38.3 Å². The van der Waals surface area contributed by atoms with Gasteiger partial charge in [0.05, 0.1) is 37.4 Å². The van der Waals surface area contributed by atoms with Gasteiger partial charge < -0.3 is 19.9 Å². The van der Waals surface area contributed by atoms with E-state index >= 15 is 0 Å². The van der Waals surface area contributed by atoms with Crippen LogP contribution in [0.4, 0.5) is 23.2 Å². The van der Waals surface area contributed by atoms with Crippen LogP contribution in [0.5, 0.6) is 5.75 Å². The zero-order valence-corrected chi connectivity index (χ0v) is 25.8. The highest BCUT2D eigenvalue weighted by molar-refractivity contribution is 6.14. The molecule has 1 aliphatic heterocycles. The fourth-order valence-corrected chi connectivity index (χ4v) is 6.21. The molecule has 0 bridgehead atoms. The minimum atomic E-state index is -4.62. The number of carbonyl (C=O) groups excluding carboxylic acids is 3. The molecule has 3 aromatic carbocycles. The van der Waals surface area contributed by atoms with E-state index < -0.39 is 53.0 Å². The van der Waals surface area contributed by atoms with Gasteiger partial charge in [0.2, 0.25) is 0 Å². The molecular weight excluding hydrogens is 620 g/mol. The fraction of sp³-hybridized carbons (Fsp3) is 0.286. The standard InChI is InChI=1S/C35H32F4N2O6/c1-4-46-33(43)28-25(20-7-6-8-24(17-20)45-3)18-26-29(31(28)42)27(19-9-13-22(36)14-10-19)30(34(44)47-5-2)32(40)41(26)23-15-11-21(12-16-23)35(37,38)39/h6-17,25,27-28H,4-5,18,40H2,1-3H3. The maximum atomic E-state index is 14.8. The number of nitrogens with two attached hydrogens (primary N) is 1. The second-order valence-corrected chi connectivity index (χ2v) is 10.9. The third kappa shape index (κ3) is 6.32. The predicted octanol–water partition coefficient (Wildman–Crippen LogP) is 6.38. The zero-order chi connectivity index (χ0) is 34.0. The molecule has 2 N–H and O–H groups in total. The van der Waals surface area contributed by atoms with Crippen molar-refractivity contribution in [3.05, 3.63) is 118 Å². The summed E-state index contributed by atoms with van der Waals surface area (Å²) >= 11 is 0. The number of esters is 2. The molecule has 3 atom stereocenters. The molecule has 47 heavy (non-hydrogen) atoms. The Morgan fingerprint density at radius 1 is 0.936 bits per heavy atom. The van der Waals surface area contributed by atoms with Crippen molar-refractivity contribution >= 4 is 23.4 Å². The van der Waals surface area contributed by atoms with E-state index in [4.69, 9.17) is 19.9 Å². The molecule has 0 fully saturated rings. The highest BCUT2D eigenvalue weighted by Crippen LogP contribution is 2.52. The number of alkyl halides is 3. The molecule has 1 heterocycles. The van der Waals surface area contributed by atoms with Gasteiger partial charge in [-0.05, 0) is 79.9 Å². The number of ether oxygens (including phenoxy) is 3. The Kier molecular flexibility index (Phi) is 9.41. The summed E-state index contributed by atoms with van der Waals surface area (Å²) in [6.07, 6.45) is -4.64. The molecule has 0 radical (unpaired) electrons. The van der Waals surface area contributed by atoms with Gasteiger partial charge >= 0.3 is 18.1 Å². The molecule has 0 aromatic heterocycles. The van der Waals surface area contributed by atoms with Gasteiger partial charge in [-0.15, -0.1) is 0 Å². The number of halogens is 4. The number of carbonyl (C=O) groups is 3. The Bertz CT molecular complexity index is 1750. The van der Waals surface area contributed by atoms with E-state index in [1.165, 1.54) is 36.3 Å². The summed E-state index contributed by atoms with van der Waals surface area (Å²) in [7, 11) is 1.47. The van der Waals surface area contributed by atoms with Gasteiger partial charge in [0.25, 0.3) is 0 Å². The van der Waals surface area contributed by atoms with Crippen molar-refractivity contribution in [2.24, 2.45) is 11.7 Å². The molecule has 2 aliphatic rings. The number of allylic oxidation sites excluding steroid dienone is 2. The van der Waals surface area contributed by atoms with Crippen molar-refractivity contribution in [2.75, 3.05) is 25.2 Å². The highest BCUT2D eigenvalue weighted by Gasteiger charge is 2.51. The van der Waals surface area contributed by atoms with E-state index in [0.717, 1.165) is 24.3 Å². The Balaban J connectivity index is 1.82. The van der Waals surface area contributed by atoms with Crippen LogP contribution in [0.15, 0.2) is 95.5 Å². The van der Waals surface area contributed by atoms with Crippen LogP contribution < -0.4 is 15.4 Å². The summed E-state index contributed by atoms with van der Waals surface area (Å²) in [6, 6.07) is 16.0. The topological polar surface area (TPSA) is 108 Å². The van der Waals surface area contributed by atoms with E-state index in [1.54, 1.807) is 38.1 Å². The molecule has 0 saturated heterocycles. The number of Topliss-reactive ketones (excluding diaryl/α,β-unsaturated/α-hetero) is 1. The Hall–Kier alpha value is -5.13. The summed E-state index contributed by atoms with van der Waals surface area (Å²) < 4.78 is 70.8. The van der Waals surface area contributed by atoms with Crippen LogP contribution in [-0.2, 0) is 30.0 Å². The lowest BCUT2D eigenvalue weighted by Gasteiger charge is -2.44. The quantitative estimate of drug-likeness (QED) is 0.170. The molecule has 246 valence electrons. The molecule has 3 unspecified atom stereocenters. The summed E-state index contributed by atoms with van der Waals surface area (Å²) in [6.45, 7) is 3.10. The molecule has 0 amide bonds. The van der Waals surface area contributed by atoms with Crippen LogP contribution in [0.25, 0.3) is 0 Å². The summed E-state index contributed by atoms with van der Waals surface area (Å²) in [5.74, 6) is -6.06. The largest absolute Gasteiger partial charge is 0.497 e. The number of hydrogen-bond donors (Lipinski definition) is 1. The van der Waals surface area contributed by atoms with Gasteiger partial charge in [-0.3, -0.25) is 14.5 Å². The second-order valence-electron chi connectivity index (χ2n) is 10.9. The van der Waals surface area contributed by atoms with Crippen molar-refractivity contribution in [1.29, 1.82) is 0 Å². The van der Waals surface area contributed by atoms with Crippen molar-refractivity contribution in [3.8, 4) is 5.75 Å². The van der Waals surface area contributed by atoms with Gasteiger partial charge in [0.15, 0.2) is 5.78 Å². The fourth-order valence-electron chi connectivity index (χ4n) is 6.21. The highest BCUT2D eigenvalue weighted by atomic mass is 19.4. The van der Waals surface area contributed by atoms with Crippen LogP contribution >= 0.6 is 0 Å². The summed E-state index contributed by atoms with van der Waals surface area (Å²) in [4.78, 5) is 43.4. The Morgan fingerprint density at radius 3 is 2.19 bits per heavy atom. The average molecular weight is 653 g/mol. The second kappa shape index (κ2) is 13.3. The van der Waals surface area contributed by atoms with Crippen LogP contribution in [0, 0.1) is 11.7 Å². The summed E-state index contributed by atoms with van der Waals surface area (Å²) in [5, 5.41) is 0. The number of hydrogen-bond acceptors (Lipinski definition) is 8. The molecule has 12 heteroatoms. The molecular formula is C35H32F4N2O6. The van der Waals surface area contributed by atoms with Crippen LogP contribution in [0.2, 0.25) is 0 Å². The normalized spacial score (nSPS) is 19.8. The van der Waals surface area contributed by atoms with Gasteiger partial charge in [-0.25, -0.2) is 9.18 Å². The average Bonchev–Trinajstić information content (AvgIpc) is 3.04. The number of nitrogens with zero attached hydrogens (tertiary/aromatic N) is 1. The van der Waals surface area contributed by atoms with Gasteiger partial charge in [0.1, 0.15) is 23.3 Å². The maximum Gasteiger partial charge on any atom is 0.416 e. The molecule has 3 aromatic rings. The number of ketones is 1. The van der Waals surface area contributed by atoms with E-state index in [2.05, 4.69) is 0 Å². The van der Waals surface area contributed by atoms with E-state index in [0.29, 0.717) is 16.9 Å². The minimum Gasteiger partial charge on any atom is -0.497 e. The van der Waals surface area contributed by atoms with Gasteiger partial charge in [0, 0.05) is 22.9 Å². The van der Waals surface area contributed by atoms with Crippen molar-refractivity contribution in [3.63, 3.8) is 0 Å². The monoisotopic (exact) mass is 652 g/mol. The number of benzene rings is 3. The van der Waals surface area contributed by atoms with Crippen LogP contribution in [0.1, 0.15) is 48.8 Å². The van der Waals surface area contributed by atoms with Gasteiger partial charge in [-0.2, -0.15) is 13.2 Å². The van der Waals surface area contributed by atoms with Gasteiger partial charge in [-0.1, -0.05) is 24.3 Å². The van der Waals surface area contributed by atoms with Crippen molar-refractivity contribution < 1.29 is 46.2 Å². The number of anilines is 1. The lowest BCUT2D eigenvalue weighted by Crippen LogP contribution is -2.46. The van der Waals surface area contributed by atoms with E-state index in [-0.39, 0.29) is 48.0 Å². The SMILES string of the molecule is CCOC(=O)C1=C(N)N(c2ccc(C(F)(F)F)cc2)C2=C(C(=O)C(C(=O)OCC)C(c3cccc(OC)c3)C2)C1c1ccc(F)cc1. The zero-order valence-electron chi connectivity index (χ0n) is 25.8. The van der Waals surface area contributed by atoms with E-state index in [9.17, 15) is 31.9 Å². The Morgan fingerprint density at radius 2 is 1.60 bits per heavy atom. The minimum absolute atomic E-state index is 0.00837. The third-order valence-electron chi connectivity index (χ3n) is 8.25. The third-order valence-corrected chi connectivity index (χ3v) is 8.25. The van der Waals surface area contributed by atoms with Crippen LogP contribution in [0.3, 0.4) is 0 Å². The lowest BCUT2D eigenvalue weighted by molar-refractivity contribution is -0.152. The molecule has 5 rings (SSSR count). The predicted molar refractivity (Wildman–Crippen MR) is 163 cm³/mol. The summed E-state index contributed by atoms with van der Waals surface area (Å²) in [5.41, 5.74) is 6.89. The first-order valence-corrected chi connectivity index (χ1v) is 14.9. The maximum absolute atomic E-state index is 14.8. The van der Waals surface area contributed by atoms with E-state index in [1.807, 2.05) is 0 Å². The Labute approximate surface area is 268 Å². The number of rotatable bonds is 8.